The van der Waals surface area contributed by atoms with Crippen LogP contribution >= 0.6 is 0 Å². The fourth-order valence-corrected chi connectivity index (χ4v) is 3.14. The lowest BCUT2D eigenvalue weighted by molar-refractivity contribution is 0.275. The van der Waals surface area contributed by atoms with Crippen LogP contribution in [0.2, 0.25) is 0 Å². The van der Waals surface area contributed by atoms with Gasteiger partial charge in [0.25, 0.3) is 0 Å². The van der Waals surface area contributed by atoms with Gasteiger partial charge in [-0.2, -0.15) is 0 Å². The summed E-state index contributed by atoms with van der Waals surface area (Å²) in [5.74, 6) is 8.35. The molecule has 4 heteroatoms. The molecule has 3 unspecified atom stereocenters. The van der Waals surface area contributed by atoms with Gasteiger partial charge in [0.2, 0.25) is 5.96 Å². The third-order valence-electron chi connectivity index (χ3n) is 3.92. The fraction of sp³-hybridized carbons (Fsp3) is 0.900. The molecular formula is C10H20N4. The molecule has 0 heterocycles. The molecule has 2 saturated carbocycles. The number of hydrogen-bond donors (Lipinski definition) is 2. The van der Waals surface area contributed by atoms with Crippen molar-refractivity contribution in [1.82, 2.24) is 4.90 Å². The molecule has 0 amide bonds. The van der Waals surface area contributed by atoms with Crippen LogP contribution in [0.1, 0.15) is 25.7 Å². The number of nitrogens with zero attached hydrogens (tertiary/aromatic N) is 2. The maximum atomic E-state index is 5.64. The highest BCUT2D eigenvalue weighted by molar-refractivity contribution is 5.77. The normalized spacial score (nSPS) is 36.4. The van der Waals surface area contributed by atoms with Crippen LogP contribution in [-0.2, 0) is 0 Å². The topological polar surface area (TPSA) is 67.6 Å². The first-order valence-electron chi connectivity index (χ1n) is 5.45. The zero-order chi connectivity index (χ0) is 10.1. The summed E-state index contributed by atoms with van der Waals surface area (Å²) in [5, 5.41) is 3.51. The first-order valence-corrected chi connectivity index (χ1v) is 5.45. The predicted molar refractivity (Wildman–Crippen MR) is 57.4 cm³/mol. The number of nitrogens with two attached hydrogens (primary N) is 2. The van der Waals surface area contributed by atoms with Gasteiger partial charge in [0, 0.05) is 13.6 Å². The largest absolute Gasteiger partial charge is 0.368 e. The van der Waals surface area contributed by atoms with E-state index in [-0.39, 0.29) is 0 Å². The van der Waals surface area contributed by atoms with Crippen LogP contribution in [0.3, 0.4) is 0 Å². The second-order valence-corrected chi connectivity index (χ2v) is 4.80. The highest BCUT2D eigenvalue weighted by Crippen LogP contribution is 2.48. The van der Waals surface area contributed by atoms with Crippen molar-refractivity contribution in [2.45, 2.75) is 25.7 Å². The van der Waals surface area contributed by atoms with E-state index < -0.39 is 0 Å². The Hall–Kier alpha value is -0.930. The van der Waals surface area contributed by atoms with Crippen molar-refractivity contribution in [2.24, 2.45) is 34.4 Å². The van der Waals surface area contributed by atoms with Gasteiger partial charge in [0.15, 0.2) is 0 Å². The van der Waals surface area contributed by atoms with E-state index >= 15 is 0 Å². The van der Waals surface area contributed by atoms with E-state index in [0.29, 0.717) is 5.96 Å². The van der Waals surface area contributed by atoms with Crippen molar-refractivity contribution in [1.29, 1.82) is 0 Å². The van der Waals surface area contributed by atoms with E-state index in [4.69, 9.17) is 11.6 Å². The van der Waals surface area contributed by atoms with Crippen LogP contribution < -0.4 is 11.6 Å². The standard InChI is InChI=1S/C10H20N4/c1-14(10(11)13-12)6-9-5-7-2-3-8(9)4-7/h7-9H,2-6,12H2,1H3,(H2,11,13). The van der Waals surface area contributed by atoms with Crippen LogP contribution in [0.5, 0.6) is 0 Å². The Morgan fingerprint density at radius 1 is 1.43 bits per heavy atom. The Labute approximate surface area is 85.3 Å². The summed E-state index contributed by atoms with van der Waals surface area (Å²) >= 11 is 0. The molecule has 2 rings (SSSR count). The molecule has 80 valence electrons. The van der Waals surface area contributed by atoms with Crippen LogP contribution in [0.15, 0.2) is 5.10 Å². The Balaban J connectivity index is 1.86. The molecule has 2 aliphatic carbocycles. The van der Waals surface area contributed by atoms with E-state index in [1.54, 1.807) is 0 Å². The molecule has 0 aromatic carbocycles. The second-order valence-electron chi connectivity index (χ2n) is 4.80. The zero-order valence-corrected chi connectivity index (χ0v) is 8.82. The summed E-state index contributed by atoms with van der Waals surface area (Å²) in [7, 11) is 1.97. The van der Waals surface area contributed by atoms with Gasteiger partial charge in [0.1, 0.15) is 0 Å². The summed E-state index contributed by atoms with van der Waals surface area (Å²) in [5.41, 5.74) is 5.64. The van der Waals surface area contributed by atoms with Gasteiger partial charge >= 0.3 is 0 Å². The minimum absolute atomic E-state index is 0.452. The molecule has 0 aliphatic heterocycles. The summed E-state index contributed by atoms with van der Waals surface area (Å²) in [6, 6.07) is 0. The van der Waals surface area contributed by atoms with Gasteiger partial charge in [-0.05, 0) is 37.0 Å². The molecule has 14 heavy (non-hydrogen) atoms. The molecule has 0 aromatic heterocycles. The van der Waals surface area contributed by atoms with Gasteiger partial charge in [-0.3, -0.25) is 0 Å². The van der Waals surface area contributed by atoms with Crippen molar-refractivity contribution < 1.29 is 0 Å². The third kappa shape index (κ3) is 1.65. The maximum absolute atomic E-state index is 5.64. The summed E-state index contributed by atoms with van der Waals surface area (Å²) in [6.45, 7) is 1.02. The van der Waals surface area contributed by atoms with Crippen molar-refractivity contribution in [2.75, 3.05) is 13.6 Å². The molecular weight excluding hydrogens is 176 g/mol. The zero-order valence-electron chi connectivity index (χ0n) is 8.82. The number of hydrazone groups is 1. The Morgan fingerprint density at radius 3 is 2.71 bits per heavy atom. The highest BCUT2D eigenvalue weighted by atomic mass is 15.3. The lowest BCUT2D eigenvalue weighted by atomic mass is 9.88. The van der Waals surface area contributed by atoms with Crippen molar-refractivity contribution >= 4 is 5.96 Å². The molecule has 4 nitrogen and oxygen atoms in total. The van der Waals surface area contributed by atoms with Crippen LogP contribution in [0.25, 0.3) is 0 Å². The average Bonchev–Trinajstić information content (AvgIpc) is 2.77. The number of hydrogen-bond acceptors (Lipinski definition) is 2. The monoisotopic (exact) mass is 196 g/mol. The van der Waals surface area contributed by atoms with E-state index in [1.807, 2.05) is 11.9 Å². The average molecular weight is 196 g/mol. The molecule has 4 N–H and O–H groups in total. The third-order valence-corrected chi connectivity index (χ3v) is 3.92. The molecule has 0 spiro atoms. The maximum Gasteiger partial charge on any atom is 0.213 e. The number of rotatable bonds is 2. The van der Waals surface area contributed by atoms with E-state index in [9.17, 15) is 0 Å². The molecule has 2 fully saturated rings. The number of fused-ring (bicyclic) bond motifs is 2. The van der Waals surface area contributed by atoms with Gasteiger partial charge < -0.3 is 16.5 Å². The second kappa shape index (κ2) is 3.67. The Kier molecular flexibility index (Phi) is 2.52. The minimum Gasteiger partial charge on any atom is -0.368 e. The van der Waals surface area contributed by atoms with Crippen molar-refractivity contribution in [3.05, 3.63) is 0 Å². The van der Waals surface area contributed by atoms with Gasteiger partial charge in [-0.1, -0.05) is 6.42 Å². The SMILES string of the molecule is CN(CC1CC2CCC1C2)/C(N)=N/N. The minimum atomic E-state index is 0.452. The van der Waals surface area contributed by atoms with Crippen molar-refractivity contribution in [3.63, 3.8) is 0 Å². The fourth-order valence-electron chi connectivity index (χ4n) is 3.14. The van der Waals surface area contributed by atoms with E-state index in [2.05, 4.69) is 5.10 Å². The highest BCUT2D eigenvalue weighted by Gasteiger charge is 2.39. The van der Waals surface area contributed by atoms with E-state index in [1.165, 1.54) is 25.7 Å². The number of guanidine groups is 1. The lowest BCUT2D eigenvalue weighted by Gasteiger charge is -2.27. The predicted octanol–water partition coefficient (Wildman–Crippen LogP) is 0.543. The summed E-state index contributed by atoms with van der Waals surface area (Å²) in [4.78, 5) is 1.98. The lowest BCUT2D eigenvalue weighted by Crippen LogP contribution is -2.39. The van der Waals surface area contributed by atoms with Crippen molar-refractivity contribution in [3.8, 4) is 0 Å². The summed E-state index contributed by atoms with van der Waals surface area (Å²) in [6.07, 6.45) is 5.69. The molecule has 2 aliphatic rings. The molecule has 0 radical (unpaired) electrons. The van der Waals surface area contributed by atoms with E-state index in [0.717, 1.165) is 24.3 Å². The van der Waals surface area contributed by atoms with Gasteiger partial charge in [0.05, 0.1) is 0 Å². The first-order chi connectivity index (χ1) is 6.70. The molecule has 2 bridgehead atoms. The van der Waals surface area contributed by atoms with Gasteiger partial charge in [-0.25, -0.2) is 0 Å². The van der Waals surface area contributed by atoms with Crippen LogP contribution in [0.4, 0.5) is 0 Å². The Morgan fingerprint density at radius 2 is 2.21 bits per heavy atom. The summed E-state index contributed by atoms with van der Waals surface area (Å²) < 4.78 is 0. The quantitative estimate of drug-likeness (QED) is 0.293. The molecule has 3 atom stereocenters. The molecule has 0 saturated heterocycles. The van der Waals surface area contributed by atoms with Crippen LogP contribution in [0, 0.1) is 17.8 Å². The van der Waals surface area contributed by atoms with Crippen LogP contribution in [-0.4, -0.2) is 24.5 Å². The van der Waals surface area contributed by atoms with Gasteiger partial charge in [-0.15, -0.1) is 5.10 Å². The molecule has 0 aromatic rings. The smallest absolute Gasteiger partial charge is 0.213 e. The Bertz CT molecular complexity index is 238. The first kappa shape index (κ1) is 9.62.